The van der Waals surface area contributed by atoms with Gasteiger partial charge in [0.25, 0.3) is 0 Å². The number of rotatable bonds is 4. The SMILES string of the molecule is CCOc1ccc(Br)cc1C(O)C1Cc2ccccc21. The van der Waals surface area contributed by atoms with E-state index >= 15 is 0 Å². The molecule has 20 heavy (non-hydrogen) atoms. The van der Waals surface area contributed by atoms with Crippen molar-refractivity contribution < 1.29 is 9.84 Å². The molecular formula is C17H17BrO2. The van der Waals surface area contributed by atoms with E-state index in [1.165, 1.54) is 11.1 Å². The van der Waals surface area contributed by atoms with Crippen LogP contribution in [0.15, 0.2) is 46.9 Å². The lowest BCUT2D eigenvalue weighted by molar-refractivity contribution is 0.130. The van der Waals surface area contributed by atoms with Crippen molar-refractivity contribution in [3.05, 3.63) is 63.6 Å². The van der Waals surface area contributed by atoms with E-state index in [9.17, 15) is 5.11 Å². The number of fused-ring (bicyclic) bond motifs is 1. The molecule has 0 radical (unpaired) electrons. The van der Waals surface area contributed by atoms with Crippen LogP contribution in [0.4, 0.5) is 0 Å². The Bertz CT molecular complexity index is 624. The molecule has 2 aromatic carbocycles. The van der Waals surface area contributed by atoms with Gasteiger partial charge in [-0.05, 0) is 42.7 Å². The van der Waals surface area contributed by atoms with Gasteiger partial charge in [0.1, 0.15) is 5.75 Å². The zero-order valence-corrected chi connectivity index (χ0v) is 12.9. The summed E-state index contributed by atoms with van der Waals surface area (Å²) in [5.41, 5.74) is 3.45. The van der Waals surface area contributed by atoms with E-state index in [0.717, 1.165) is 22.2 Å². The zero-order valence-electron chi connectivity index (χ0n) is 11.3. The first-order valence-electron chi connectivity index (χ1n) is 6.88. The second-order valence-electron chi connectivity index (χ2n) is 5.07. The molecule has 0 fully saturated rings. The maximum atomic E-state index is 10.7. The van der Waals surface area contributed by atoms with Crippen molar-refractivity contribution in [1.29, 1.82) is 0 Å². The van der Waals surface area contributed by atoms with Crippen molar-refractivity contribution in [2.24, 2.45) is 0 Å². The molecule has 1 N–H and O–H groups in total. The molecule has 0 aliphatic heterocycles. The molecule has 0 saturated carbocycles. The topological polar surface area (TPSA) is 29.5 Å². The van der Waals surface area contributed by atoms with Crippen molar-refractivity contribution in [2.45, 2.75) is 25.4 Å². The molecular weight excluding hydrogens is 316 g/mol. The number of hydrogen-bond acceptors (Lipinski definition) is 2. The van der Waals surface area contributed by atoms with Gasteiger partial charge in [-0.25, -0.2) is 0 Å². The monoisotopic (exact) mass is 332 g/mol. The summed E-state index contributed by atoms with van der Waals surface area (Å²) < 4.78 is 6.60. The second kappa shape index (κ2) is 5.58. The molecule has 0 saturated heterocycles. The Morgan fingerprint density at radius 1 is 1.30 bits per heavy atom. The summed E-state index contributed by atoms with van der Waals surface area (Å²) >= 11 is 3.47. The third-order valence-electron chi connectivity index (χ3n) is 3.87. The summed E-state index contributed by atoms with van der Waals surface area (Å²) in [6.45, 7) is 2.56. The van der Waals surface area contributed by atoms with E-state index in [-0.39, 0.29) is 5.92 Å². The molecule has 2 nitrogen and oxygen atoms in total. The average Bonchev–Trinajstić information content (AvgIpc) is 2.42. The van der Waals surface area contributed by atoms with Gasteiger partial charge in [-0.3, -0.25) is 0 Å². The van der Waals surface area contributed by atoms with Crippen LogP contribution in [-0.2, 0) is 6.42 Å². The van der Waals surface area contributed by atoms with Gasteiger partial charge in [0, 0.05) is 16.0 Å². The minimum atomic E-state index is -0.524. The number of ether oxygens (including phenoxy) is 1. The Morgan fingerprint density at radius 3 is 2.85 bits per heavy atom. The third kappa shape index (κ3) is 2.36. The predicted molar refractivity (Wildman–Crippen MR) is 83.2 cm³/mol. The summed E-state index contributed by atoms with van der Waals surface area (Å²) in [6, 6.07) is 14.1. The lowest BCUT2D eigenvalue weighted by Crippen LogP contribution is -2.24. The summed E-state index contributed by atoms with van der Waals surface area (Å²) in [7, 11) is 0. The molecule has 0 heterocycles. The Labute approximate surface area is 127 Å². The Balaban J connectivity index is 1.92. The number of aliphatic hydroxyl groups excluding tert-OH is 1. The molecule has 0 aromatic heterocycles. The zero-order chi connectivity index (χ0) is 14.1. The van der Waals surface area contributed by atoms with E-state index < -0.39 is 6.10 Å². The minimum Gasteiger partial charge on any atom is -0.493 e. The fourth-order valence-corrected chi connectivity index (χ4v) is 3.21. The molecule has 3 rings (SSSR count). The fraction of sp³-hybridized carbons (Fsp3) is 0.294. The Morgan fingerprint density at radius 2 is 2.10 bits per heavy atom. The van der Waals surface area contributed by atoms with Crippen molar-refractivity contribution in [1.82, 2.24) is 0 Å². The molecule has 104 valence electrons. The first-order chi connectivity index (χ1) is 9.70. The Hall–Kier alpha value is -1.32. The molecule has 2 atom stereocenters. The smallest absolute Gasteiger partial charge is 0.125 e. The standard InChI is InChI=1S/C17H17BrO2/c1-2-20-16-8-7-12(18)10-15(16)17(19)14-9-11-5-3-4-6-13(11)14/h3-8,10,14,17,19H,2,9H2,1H3. The summed E-state index contributed by atoms with van der Waals surface area (Å²) in [5.74, 6) is 0.937. The van der Waals surface area contributed by atoms with Gasteiger partial charge in [-0.1, -0.05) is 40.2 Å². The molecule has 2 unspecified atom stereocenters. The third-order valence-corrected chi connectivity index (χ3v) is 4.36. The van der Waals surface area contributed by atoms with E-state index in [0.29, 0.717) is 6.61 Å². The molecule has 2 aromatic rings. The molecule has 0 bridgehead atoms. The van der Waals surface area contributed by atoms with Gasteiger partial charge in [0.15, 0.2) is 0 Å². The molecule has 1 aliphatic carbocycles. The van der Waals surface area contributed by atoms with Crippen LogP contribution >= 0.6 is 15.9 Å². The Kier molecular flexibility index (Phi) is 3.81. The molecule has 0 amide bonds. The number of aliphatic hydroxyl groups is 1. The van der Waals surface area contributed by atoms with Gasteiger partial charge in [0.05, 0.1) is 12.7 Å². The van der Waals surface area contributed by atoms with Crippen molar-refractivity contribution in [3.63, 3.8) is 0 Å². The minimum absolute atomic E-state index is 0.166. The van der Waals surface area contributed by atoms with Crippen LogP contribution in [0.2, 0.25) is 0 Å². The lowest BCUT2D eigenvalue weighted by atomic mass is 9.73. The van der Waals surface area contributed by atoms with Crippen molar-refractivity contribution in [2.75, 3.05) is 6.61 Å². The van der Waals surface area contributed by atoms with Crippen LogP contribution in [0.3, 0.4) is 0 Å². The summed E-state index contributed by atoms with van der Waals surface area (Å²) in [6.07, 6.45) is 0.402. The highest BCUT2D eigenvalue weighted by molar-refractivity contribution is 9.10. The predicted octanol–water partition coefficient (Wildman–Crippen LogP) is 4.22. The maximum Gasteiger partial charge on any atom is 0.125 e. The lowest BCUT2D eigenvalue weighted by Gasteiger charge is -2.34. The van der Waals surface area contributed by atoms with Crippen LogP contribution in [0, 0.1) is 0 Å². The van der Waals surface area contributed by atoms with Crippen LogP contribution in [0.25, 0.3) is 0 Å². The summed E-state index contributed by atoms with van der Waals surface area (Å²) in [5, 5.41) is 10.7. The maximum absolute atomic E-state index is 10.7. The molecule has 0 spiro atoms. The van der Waals surface area contributed by atoms with Gasteiger partial charge < -0.3 is 9.84 Å². The average molecular weight is 333 g/mol. The largest absolute Gasteiger partial charge is 0.493 e. The number of benzene rings is 2. The van der Waals surface area contributed by atoms with Crippen LogP contribution < -0.4 is 4.74 Å². The van der Waals surface area contributed by atoms with E-state index in [4.69, 9.17) is 4.74 Å². The van der Waals surface area contributed by atoms with Crippen LogP contribution in [0.5, 0.6) is 5.75 Å². The highest BCUT2D eigenvalue weighted by Gasteiger charge is 2.33. The van der Waals surface area contributed by atoms with E-state index in [2.05, 4.69) is 28.1 Å². The van der Waals surface area contributed by atoms with Crippen molar-refractivity contribution in [3.8, 4) is 5.75 Å². The second-order valence-corrected chi connectivity index (χ2v) is 5.99. The van der Waals surface area contributed by atoms with E-state index in [1.807, 2.05) is 37.3 Å². The number of halogens is 1. The van der Waals surface area contributed by atoms with Crippen LogP contribution in [-0.4, -0.2) is 11.7 Å². The highest BCUT2D eigenvalue weighted by atomic mass is 79.9. The van der Waals surface area contributed by atoms with E-state index in [1.54, 1.807) is 0 Å². The highest BCUT2D eigenvalue weighted by Crippen LogP contribution is 2.45. The van der Waals surface area contributed by atoms with Crippen LogP contribution in [0.1, 0.15) is 35.6 Å². The van der Waals surface area contributed by atoms with Gasteiger partial charge in [-0.15, -0.1) is 0 Å². The first kappa shape index (κ1) is 13.7. The number of hydrogen-bond donors (Lipinski definition) is 1. The first-order valence-corrected chi connectivity index (χ1v) is 7.68. The molecule has 1 aliphatic rings. The quantitative estimate of drug-likeness (QED) is 0.908. The molecule has 3 heteroatoms. The summed E-state index contributed by atoms with van der Waals surface area (Å²) in [4.78, 5) is 0. The fourth-order valence-electron chi connectivity index (χ4n) is 2.83. The normalized spacial score (nSPS) is 18.1. The van der Waals surface area contributed by atoms with Gasteiger partial charge in [0.2, 0.25) is 0 Å². The van der Waals surface area contributed by atoms with Crippen molar-refractivity contribution >= 4 is 15.9 Å². The van der Waals surface area contributed by atoms with Gasteiger partial charge in [-0.2, -0.15) is 0 Å². The van der Waals surface area contributed by atoms with Gasteiger partial charge >= 0.3 is 0 Å².